The summed E-state index contributed by atoms with van der Waals surface area (Å²) >= 11 is 7.61. The number of hydrogen-bond acceptors (Lipinski definition) is 3. The molecule has 2 nitrogen and oxygen atoms in total. The zero-order valence-electron chi connectivity index (χ0n) is 13.4. The Morgan fingerprint density at radius 1 is 1.00 bits per heavy atom. The Balaban J connectivity index is 1.69. The topological polar surface area (TPSA) is 27.0 Å². The van der Waals surface area contributed by atoms with Gasteiger partial charge in [0, 0.05) is 18.0 Å². The molecule has 120 valence electrons. The molecule has 0 saturated heterocycles. The Kier molecular flexibility index (Phi) is 5.32. The molecule has 1 aromatic heterocycles. The van der Waals surface area contributed by atoms with Crippen molar-refractivity contribution in [2.45, 2.75) is 13.1 Å². The zero-order chi connectivity index (χ0) is 16.9. The lowest BCUT2D eigenvalue weighted by molar-refractivity contribution is 0.322. The van der Waals surface area contributed by atoms with Gasteiger partial charge in [0.25, 0.3) is 0 Å². The second kappa shape index (κ2) is 7.63. The van der Waals surface area contributed by atoms with Crippen LogP contribution in [0, 0.1) is 11.3 Å². The summed E-state index contributed by atoms with van der Waals surface area (Å²) in [5, 5.41) is 9.23. The molecule has 1 heterocycles. The van der Waals surface area contributed by atoms with Crippen LogP contribution in [0.3, 0.4) is 0 Å². The molecule has 0 aliphatic heterocycles. The van der Waals surface area contributed by atoms with E-state index in [1.165, 1.54) is 10.4 Å². The Hall–Kier alpha value is -2.12. The Bertz CT molecular complexity index is 862. The number of halogens is 1. The fourth-order valence-electron chi connectivity index (χ4n) is 2.69. The normalized spacial score (nSPS) is 10.8. The summed E-state index contributed by atoms with van der Waals surface area (Å²) in [6.07, 6.45) is 0. The van der Waals surface area contributed by atoms with Crippen LogP contribution in [0.4, 0.5) is 0 Å². The van der Waals surface area contributed by atoms with Crippen LogP contribution in [-0.2, 0) is 13.1 Å². The lowest BCUT2D eigenvalue weighted by atomic mass is 9.99. The second-order valence-corrected chi connectivity index (χ2v) is 7.53. The highest BCUT2D eigenvalue weighted by Gasteiger charge is 2.06. The van der Waals surface area contributed by atoms with Crippen LogP contribution in [0.2, 0.25) is 4.34 Å². The number of rotatable bonds is 5. The molecule has 0 aliphatic rings. The van der Waals surface area contributed by atoms with Crippen LogP contribution in [0.5, 0.6) is 0 Å². The lowest BCUT2D eigenvalue weighted by Gasteiger charge is -2.16. The summed E-state index contributed by atoms with van der Waals surface area (Å²) in [6.45, 7) is 1.76. The summed E-state index contributed by atoms with van der Waals surface area (Å²) in [4.78, 5) is 3.53. The first kappa shape index (κ1) is 16.7. The smallest absolute Gasteiger partial charge is 0.0998 e. The van der Waals surface area contributed by atoms with Gasteiger partial charge >= 0.3 is 0 Å². The van der Waals surface area contributed by atoms with Gasteiger partial charge in [-0.3, -0.25) is 4.90 Å². The monoisotopic (exact) mass is 352 g/mol. The van der Waals surface area contributed by atoms with E-state index in [4.69, 9.17) is 11.6 Å². The predicted molar refractivity (Wildman–Crippen MR) is 101 cm³/mol. The predicted octanol–water partition coefficient (Wildman–Crippen LogP) is 5.57. The summed E-state index contributed by atoms with van der Waals surface area (Å²) < 4.78 is 0.832. The van der Waals surface area contributed by atoms with Crippen molar-refractivity contribution in [3.05, 3.63) is 81.0 Å². The van der Waals surface area contributed by atoms with Crippen LogP contribution < -0.4 is 0 Å². The van der Waals surface area contributed by atoms with Crippen molar-refractivity contribution < 1.29 is 0 Å². The average molecular weight is 353 g/mol. The fourth-order valence-corrected chi connectivity index (χ4v) is 3.86. The molecule has 0 radical (unpaired) electrons. The molecule has 24 heavy (non-hydrogen) atoms. The summed E-state index contributed by atoms with van der Waals surface area (Å²) in [5.41, 5.74) is 4.01. The number of hydrogen-bond donors (Lipinski definition) is 0. The maximum Gasteiger partial charge on any atom is 0.0998 e. The third-order valence-corrected chi connectivity index (χ3v) is 5.04. The molecule has 0 aliphatic carbocycles. The van der Waals surface area contributed by atoms with Gasteiger partial charge in [-0.25, -0.2) is 0 Å². The van der Waals surface area contributed by atoms with E-state index in [2.05, 4.69) is 48.3 Å². The molecule has 2 aromatic carbocycles. The molecular weight excluding hydrogens is 336 g/mol. The zero-order valence-corrected chi connectivity index (χ0v) is 14.9. The molecule has 0 N–H and O–H groups in total. The first-order valence-electron chi connectivity index (χ1n) is 7.67. The number of benzene rings is 2. The molecule has 3 rings (SSSR count). The molecule has 0 saturated carbocycles. The standard InChI is InChI=1S/C20H17ClN2S/c1-23(14-18-10-11-20(21)24-18)13-15-6-8-16(9-7-15)19-5-3-2-4-17(19)12-22/h2-11H,13-14H2,1H3. The molecular formula is C20H17ClN2S. The molecule has 0 bridgehead atoms. The average Bonchev–Trinajstić information content (AvgIpc) is 3.00. The largest absolute Gasteiger partial charge is 0.297 e. The molecule has 0 amide bonds. The van der Waals surface area contributed by atoms with Gasteiger partial charge < -0.3 is 0 Å². The number of nitriles is 1. The highest BCUT2D eigenvalue weighted by molar-refractivity contribution is 7.16. The minimum atomic E-state index is 0.706. The van der Waals surface area contributed by atoms with Crippen molar-refractivity contribution in [1.82, 2.24) is 4.90 Å². The molecule has 0 spiro atoms. The van der Waals surface area contributed by atoms with E-state index in [0.29, 0.717) is 5.56 Å². The van der Waals surface area contributed by atoms with Gasteiger partial charge in [-0.15, -0.1) is 11.3 Å². The maximum atomic E-state index is 9.23. The quantitative estimate of drug-likeness (QED) is 0.600. The van der Waals surface area contributed by atoms with Crippen molar-refractivity contribution >= 4 is 22.9 Å². The van der Waals surface area contributed by atoms with Gasteiger partial charge in [0.2, 0.25) is 0 Å². The van der Waals surface area contributed by atoms with E-state index in [1.807, 2.05) is 30.3 Å². The van der Waals surface area contributed by atoms with Gasteiger partial charge in [-0.2, -0.15) is 5.26 Å². The molecule has 0 atom stereocenters. The van der Waals surface area contributed by atoms with E-state index in [-0.39, 0.29) is 0 Å². The van der Waals surface area contributed by atoms with Gasteiger partial charge in [0.1, 0.15) is 0 Å². The van der Waals surface area contributed by atoms with Gasteiger partial charge in [-0.1, -0.05) is 54.1 Å². The Morgan fingerprint density at radius 3 is 2.42 bits per heavy atom. The third kappa shape index (κ3) is 4.04. The number of nitrogens with zero attached hydrogens (tertiary/aromatic N) is 2. The van der Waals surface area contributed by atoms with Crippen molar-refractivity contribution in [1.29, 1.82) is 5.26 Å². The molecule has 3 aromatic rings. The molecule has 0 unspecified atom stereocenters. The highest BCUT2D eigenvalue weighted by atomic mass is 35.5. The van der Waals surface area contributed by atoms with Crippen molar-refractivity contribution in [3.63, 3.8) is 0 Å². The molecule has 0 fully saturated rings. The SMILES string of the molecule is CN(Cc1ccc(-c2ccccc2C#N)cc1)Cc1ccc(Cl)s1. The van der Waals surface area contributed by atoms with Crippen LogP contribution >= 0.6 is 22.9 Å². The first-order valence-corrected chi connectivity index (χ1v) is 8.86. The van der Waals surface area contributed by atoms with Crippen molar-refractivity contribution in [2.75, 3.05) is 7.05 Å². The minimum absolute atomic E-state index is 0.706. The van der Waals surface area contributed by atoms with Crippen molar-refractivity contribution in [2.24, 2.45) is 0 Å². The highest BCUT2D eigenvalue weighted by Crippen LogP contribution is 2.25. The van der Waals surface area contributed by atoms with Gasteiger partial charge in [-0.05, 0) is 41.9 Å². The lowest BCUT2D eigenvalue weighted by Crippen LogP contribution is -2.16. The van der Waals surface area contributed by atoms with Crippen molar-refractivity contribution in [3.8, 4) is 17.2 Å². The van der Waals surface area contributed by atoms with E-state index in [9.17, 15) is 5.26 Å². The first-order chi connectivity index (χ1) is 11.7. The van der Waals surface area contributed by atoms with Gasteiger partial charge in [0.05, 0.1) is 16.0 Å². The second-order valence-electron chi connectivity index (χ2n) is 5.73. The van der Waals surface area contributed by atoms with Crippen LogP contribution in [-0.4, -0.2) is 11.9 Å². The summed E-state index contributed by atoms with van der Waals surface area (Å²) in [6, 6.07) is 22.4. The van der Waals surface area contributed by atoms with E-state index >= 15 is 0 Å². The van der Waals surface area contributed by atoms with E-state index < -0.39 is 0 Å². The number of thiophene rings is 1. The Labute approximate surface area is 151 Å². The minimum Gasteiger partial charge on any atom is -0.297 e. The van der Waals surface area contributed by atoms with Crippen LogP contribution in [0.25, 0.3) is 11.1 Å². The molecule has 4 heteroatoms. The fraction of sp³-hybridized carbons (Fsp3) is 0.150. The van der Waals surface area contributed by atoms with E-state index in [0.717, 1.165) is 28.6 Å². The van der Waals surface area contributed by atoms with Crippen LogP contribution in [0.15, 0.2) is 60.7 Å². The third-order valence-electron chi connectivity index (χ3n) is 3.82. The van der Waals surface area contributed by atoms with E-state index in [1.54, 1.807) is 11.3 Å². The maximum absolute atomic E-state index is 9.23. The summed E-state index contributed by atoms with van der Waals surface area (Å²) in [7, 11) is 2.10. The van der Waals surface area contributed by atoms with Gasteiger partial charge in [0.15, 0.2) is 0 Å². The van der Waals surface area contributed by atoms with Crippen LogP contribution in [0.1, 0.15) is 16.0 Å². The Morgan fingerprint density at radius 2 is 1.75 bits per heavy atom. The summed E-state index contributed by atoms with van der Waals surface area (Å²) in [5.74, 6) is 0.